The highest BCUT2D eigenvalue weighted by atomic mass is 16.4. The van der Waals surface area contributed by atoms with Gasteiger partial charge in [-0.25, -0.2) is 14.8 Å². The van der Waals surface area contributed by atoms with Crippen molar-refractivity contribution >= 4 is 28.0 Å². The summed E-state index contributed by atoms with van der Waals surface area (Å²) >= 11 is 0. The lowest BCUT2D eigenvalue weighted by molar-refractivity contribution is 0.0698. The highest BCUT2D eigenvalue weighted by Crippen LogP contribution is 2.16. The Morgan fingerprint density at radius 2 is 1.74 bits per heavy atom. The molecule has 2 heterocycles. The van der Waals surface area contributed by atoms with Gasteiger partial charge in [-0.2, -0.15) is 0 Å². The number of hydrogen-bond acceptors (Lipinski definition) is 4. The number of rotatable bonds is 1. The van der Waals surface area contributed by atoms with Crippen molar-refractivity contribution in [3.63, 3.8) is 0 Å². The molecule has 0 amide bonds. The molecule has 6 heteroatoms. The van der Waals surface area contributed by atoms with Gasteiger partial charge in [0.25, 0.3) is 5.56 Å². The molecular formula is C13H9N3O3. The van der Waals surface area contributed by atoms with Crippen molar-refractivity contribution in [2.45, 2.75) is 0 Å². The molecule has 0 aliphatic carbocycles. The molecule has 3 rings (SSSR count). The summed E-state index contributed by atoms with van der Waals surface area (Å²) in [4.78, 5) is 31.7. The Balaban J connectivity index is 2.59. The molecule has 6 nitrogen and oxygen atoms in total. The number of carbonyl (C=O) groups is 1. The highest BCUT2D eigenvalue weighted by molar-refractivity contribution is 6.01. The van der Waals surface area contributed by atoms with Crippen molar-refractivity contribution in [3.05, 3.63) is 46.4 Å². The molecule has 1 aromatic carbocycles. The van der Waals surface area contributed by atoms with Crippen molar-refractivity contribution in [2.24, 2.45) is 7.05 Å². The summed E-state index contributed by atoms with van der Waals surface area (Å²) in [6.45, 7) is 0. The van der Waals surface area contributed by atoms with Gasteiger partial charge in [-0.1, -0.05) is 12.1 Å². The molecule has 1 N–H and O–H groups in total. The smallest absolute Gasteiger partial charge is 0.339 e. The van der Waals surface area contributed by atoms with Crippen LogP contribution in [0.2, 0.25) is 0 Å². The van der Waals surface area contributed by atoms with E-state index < -0.39 is 5.97 Å². The number of aromatic carboxylic acids is 1. The van der Waals surface area contributed by atoms with E-state index >= 15 is 0 Å². The van der Waals surface area contributed by atoms with Crippen LogP contribution in [-0.2, 0) is 7.05 Å². The molecule has 3 aromatic rings. The zero-order chi connectivity index (χ0) is 13.6. The molecule has 0 spiro atoms. The van der Waals surface area contributed by atoms with Crippen LogP contribution in [-0.4, -0.2) is 25.6 Å². The van der Waals surface area contributed by atoms with Crippen molar-refractivity contribution < 1.29 is 9.90 Å². The summed E-state index contributed by atoms with van der Waals surface area (Å²) in [5, 5.41) is 9.19. The number of carboxylic acid groups (broad SMARTS) is 1. The zero-order valence-electron chi connectivity index (χ0n) is 9.99. The first-order valence-electron chi connectivity index (χ1n) is 5.57. The molecule has 19 heavy (non-hydrogen) atoms. The largest absolute Gasteiger partial charge is 0.478 e. The van der Waals surface area contributed by atoms with Crippen molar-refractivity contribution in [2.75, 3.05) is 0 Å². The molecular weight excluding hydrogens is 246 g/mol. The first-order chi connectivity index (χ1) is 9.08. The molecule has 0 aliphatic rings. The Labute approximate surface area is 107 Å². The molecule has 0 radical (unpaired) electrons. The summed E-state index contributed by atoms with van der Waals surface area (Å²) in [5.74, 6) is -1.13. The number of aryl methyl sites for hydroxylation is 1. The van der Waals surface area contributed by atoms with E-state index in [1.807, 2.05) is 0 Å². The molecule has 0 aliphatic heterocycles. The number of aromatic nitrogens is 3. The fraction of sp³-hybridized carbons (Fsp3) is 0.0769. The Morgan fingerprint density at radius 1 is 1.16 bits per heavy atom. The third-order valence-electron chi connectivity index (χ3n) is 2.90. The van der Waals surface area contributed by atoms with Crippen LogP contribution in [0.15, 0.2) is 35.3 Å². The Morgan fingerprint density at radius 3 is 2.32 bits per heavy atom. The van der Waals surface area contributed by atoms with Crippen LogP contribution in [0, 0.1) is 0 Å². The van der Waals surface area contributed by atoms with Crippen LogP contribution < -0.4 is 5.56 Å². The van der Waals surface area contributed by atoms with Gasteiger partial charge in [0.1, 0.15) is 11.1 Å². The van der Waals surface area contributed by atoms with Crippen molar-refractivity contribution in [3.8, 4) is 0 Å². The summed E-state index contributed by atoms with van der Waals surface area (Å²) in [5.41, 5.74) is 0.921. The molecule has 0 fully saturated rings. The summed E-state index contributed by atoms with van der Waals surface area (Å²) in [6.07, 6.45) is 1.26. The predicted octanol–water partition coefficient (Wildman–Crippen LogP) is 1.18. The molecule has 0 atom stereocenters. The number of fused-ring (bicyclic) bond motifs is 2. The molecule has 0 saturated heterocycles. The van der Waals surface area contributed by atoms with Gasteiger partial charge in [-0.15, -0.1) is 0 Å². The maximum Gasteiger partial charge on any atom is 0.339 e. The number of nitrogens with zero attached hydrogens (tertiary/aromatic N) is 3. The topological polar surface area (TPSA) is 85.1 Å². The van der Waals surface area contributed by atoms with Gasteiger partial charge in [0.2, 0.25) is 0 Å². The number of hydrogen-bond donors (Lipinski definition) is 1. The summed E-state index contributed by atoms with van der Waals surface area (Å²) in [7, 11) is 1.49. The van der Waals surface area contributed by atoms with Crippen LogP contribution in [0.4, 0.5) is 0 Å². The lowest BCUT2D eigenvalue weighted by atomic mass is 10.2. The molecule has 0 unspecified atom stereocenters. The van der Waals surface area contributed by atoms with Gasteiger partial charge in [0.15, 0.2) is 5.52 Å². The molecule has 0 saturated carbocycles. The van der Waals surface area contributed by atoms with E-state index in [0.29, 0.717) is 11.0 Å². The van der Waals surface area contributed by atoms with Gasteiger partial charge in [0, 0.05) is 13.2 Å². The number of benzene rings is 1. The van der Waals surface area contributed by atoms with E-state index in [-0.39, 0.29) is 22.2 Å². The molecule has 94 valence electrons. The van der Waals surface area contributed by atoms with Gasteiger partial charge >= 0.3 is 5.97 Å². The Hall–Kier alpha value is -2.76. The lowest BCUT2D eigenvalue weighted by Gasteiger charge is -2.05. The maximum atomic E-state index is 12.0. The van der Waals surface area contributed by atoms with Gasteiger partial charge in [-0.3, -0.25) is 4.79 Å². The minimum absolute atomic E-state index is 0.0321. The van der Waals surface area contributed by atoms with E-state index in [4.69, 9.17) is 0 Å². The van der Waals surface area contributed by atoms with Crippen LogP contribution in [0.1, 0.15) is 10.4 Å². The standard InChI is InChI=1S/C13H9N3O3/c1-16-6-7(13(18)19)10-11(12(16)17)15-9-5-3-2-4-8(9)14-10/h2-6H,1H3,(H,18,19). The summed E-state index contributed by atoms with van der Waals surface area (Å²) in [6, 6.07) is 7.03. The highest BCUT2D eigenvalue weighted by Gasteiger charge is 2.16. The normalized spacial score (nSPS) is 11.0. The monoisotopic (exact) mass is 255 g/mol. The molecule has 2 aromatic heterocycles. The third kappa shape index (κ3) is 1.65. The van der Waals surface area contributed by atoms with Crippen LogP contribution in [0.3, 0.4) is 0 Å². The van der Waals surface area contributed by atoms with Crippen LogP contribution >= 0.6 is 0 Å². The van der Waals surface area contributed by atoms with E-state index in [2.05, 4.69) is 9.97 Å². The molecule has 0 bridgehead atoms. The number of carboxylic acids is 1. The fourth-order valence-corrected chi connectivity index (χ4v) is 1.97. The second kappa shape index (κ2) is 3.88. The van der Waals surface area contributed by atoms with Gasteiger partial charge < -0.3 is 9.67 Å². The van der Waals surface area contributed by atoms with E-state index in [9.17, 15) is 14.7 Å². The SMILES string of the molecule is Cn1cc(C(=O)O)c2nc3ccccc3nc2c1=O. The van der Waals surface area contributed by atoms with E-state index in [1.165, 1.54) is 17.8 Å². The Kier molecular flexibility index (Phi) is 2.31. The van der Waals surface area contributed by atoms with Crippen LogP contribution in [0.5, 0.6) is 0 Å². The minimum atomic E-state index is -1.13. The Bertz CT molecular complexity index is 883. The van der Waals surface area contributed by atoms with Crippen molar-refractivity contribution in [1.82, 2.24) is 14.5 Å². The fourth-order valence-electron chi connectivity index (χ4n) is 1.97. The maximum absolute atomic E-state index is 12.0. The quantitative estimate of drug-likeness (QED) is 0.660. The summed E-state index contributed by atoms with van der Waals surface area (Å²) < 4.78 is 1.20. The first kappa shape index (κ1) is 11.3. The van der Waals surface area contributed by atoms with Gasteiger partial charge in [0.05, 0.1) is 11.0 Å². The van der Waals surface area contributed by atoms with E-state index in [1.54, 1.807) is 24.3 Å². The predicted molar refractivity (Wildman–Crippen MR) is 69.2 cm³/mol. The zero-order valence-corrected chi connectivity index (χ0v) is 9.99. The minimum Gasteiger partial charge on any atom is -0.478 e. The number of para-hydroxylation sites is 2. The third-order valence-corrected chi connectivity index (χ3v) is 2.90. The van der Waals surface area contributed by atoms with E-state index in [0.717, 1.165) is 0 Å². The first-order valence-corrected chi connectivity index (χ1v) is 5.57. The average Bonchev–Trinajstić information content (AvgIpc) is 2.41. The van der Waals surface area contributed by atoms with Gasteiger partial charge in [-0.05, 0) is 12.1 Å². The lowest BCUT2D eigenvalue weighted by Crippen LogP contribution is -2.20. The number of pyridine rings is 1. The van der Waals surface area contributed by atoms with Crippen LogP contribution in [0.25, 0.3) is 22.1 Å². The second-order valence-electron chi connectivity index (χ2n) is 4.17. The average molecular weight is 255 g/mol. The van der Waals surface area contributed by atoms with Crippen molar-refractivity contribution in [1.29, 1.82) is 0 Å². The second-order valence-corrected chi connectivity index (χ2v) is 4.17.